The van der Waals surface area contributed by atoms with Gasteiger partial charge in [-0.2, -0.15) is 0 Å². The number of amides is 2. The molecule has 0 radical (unpaired) electrons. The Labute approximate surface area is 151 Å². The highest BCUT2D eigenvalue weighted by molar-refractivity contribution is 5.74. The number of hydrogen-bond acceptors (Lipinski definition) is 3. The maximum absolute atomic E-state index is 12.5. The molecule has 1 aliphatic carbocycles. The molecule has 1 saturated carbocycles. The van der Waals surface area contributed by atoms with Crippen molar-refractivity contribution in [3.05, 3.63) is 35.9 Å². The largest absolute Gasteiger partial charge is 0.379 e. The highest BCUT2D eigenvalue weighted by Gasteiger charge is 2.29. The van der Waals surface area contributed by atoms with Crippen molar-refractivity contribution >= 4 is 6.03 Å². The van der Waals surface area contributed by atoms with E-state index in [1.807, 2.05) is 6.07 Å². The number of nitrogens with zero attached hydrogens (tertiary/aromatic N) is 1. The Morgan fingerprint density at radius 3 is 2.48 bits per heavy atom. The van der Waals surface area contributed by atoms with Crippen LogP contribution in [-0.4, -0.2) is 49.3 Å². The van der Waals surface area contributed by atoms with Gasteiger partial charge in [0.2, 0.25) is 0 Å². The summed E-state index contributed by atoms with van der Waals surface area (Å²) in [5.74, 6) is 0. The molecule has 3 rings (SSSR count). The molecule has 2 aliphatic rings. The standard InChI is InChI=1S/C20H31N3O2/c1-16(21-20(24)22-18-10-6-3-7-11-18)19(17-8-4-2-5-9-17)23-12-14-25-15-13-23/h2,4-5,8-9,16,18-19H,3,6-7,10-15H2,1H3,(H2,21,22,24)/t16-,19-/m0/s1. The van der Waals surface area contributed by atoms with Crippen LogP contribution in [0.15, 0.2) is 30.3 Å². The highest BCUT2D eigenvalue weighted by atomic mass is 16.5. The first kappa shape index (κ1) is 18.2. The van der Waals surface area contributed by atoms with Crippen LogP contribution in [0.2, 0.25) is 0 Å². The third kappa shape index (κ3) is 5.19. The van der Waals surface area contributed by atoms with Crippen molar-refractivity contribution in [1.29, 1.82) is 0 Å². The number of carbonyl (C=O) groups excluding carboxylic acids is 1. The van der Waals surface area contributed by atoms with E-state index in [2.05, 4.69) is 46.7 Å². The molecule has 0 bridgehead atoms. The zero-order chi connectivity index (χ0) is 17.5. The predicted octanol–water partition coefficient (Wildman–Crippen LogP) is 3.08. The van der Waals surface area contributed by atoms with E-state index in [0.29, 0.717) is 6.04 Å². The lowest BCUT2D eigenvalue weighted by Crippen LogP contribution is -2.52. The van der Waals surface area contributed by atoms with Crippen LogP contribution in [-0.2, 0) is 4.74 Å². The molecule has 0 aromatic heterocycles. The predicted molar refractivity (Wildman–Crippen MR) is 99.6 cm³/mol. The molecule has 1 aromatic carbocycles. The topological polar surface area (TPSA) is 53.6 Å². The molecule has 5 heteroatoms. The molecular weight excluding hydrogens is 314 g/mol. The average molecular weight is 345 g/mol. The van der Waals surface area contributed by atoms with Gasteiger partial charge in [-0.1, -0.05) is 49.6 Å². The van der Waals surface area contributed by atoms with Crippen LogP contribution in [0.3, 0.4) is 0 Å². The summed E-state index contributed by atoms with van der Waals surface area (Å²) < 4.78 is 5.51. The van der Waals surface area contributed by atoms with E-state index in [0.717, 1.165) is 39.1 Å². The summed E-state index contributed by atoms with van der Waals surface area (Å²) in [6, 6.07) is 11.0. The molecule has 1 saturated heterocycles. The lowest BCUT2D eigenvalue weighted by Gasteiger charge is -2.38. The molecule has 1 heterocycles. The van der Waals surface area contributed by atoms with E-state index in [-0.39, 0.29) is 18.1 Å². The SMILES string of the molecule is C[C@H](NC(=O)NC1CCCCC1)[C@@H](c1ccccc1)N1CCOCC1. The second-order valence-electron chi connectivity index (χ2n) is 7.25. The number of hydrogen-bond donors (Lipinski definition) is 2. The Morgan fingerprint density at radius 2 is 1.80 bits per heavy atom. The van der Waals surface area contributed by atoms with Crippen LogP contribution >= 0.6 is 0 Å². The maximum Gasteiger partial charge on any atom is 0.315 e. The van der Waals surface area contributed by atoms with Crippen LogP contribution in [0.5, 0.6) is 0 Å². The summed E-state index contributed by atoms with van der Waals surface area (Å²) >= 11 is 0. The van der Waals surface area contributed by atoms with Gasteiger partial charge in [0, 0.05) is 25.2 Å². The lowest BCUT2D eigenvalue weighted by atomic mass is 9.95. The smallest absolute Gasteiger partial charge is 0.315 e. The number of rotatable bonds is 5. The molecule has 0 spiro atoms. The minimum absolute atomic E-state index is 0.0316. The lowest BCUT2D eigenvalue weighted by molar-refractivity contribution is 0.00958. The monoisotopic (exact) mass is 345 g/mol. The van der Waals surface area contributed by atoms with Crippen molar-refractivity contribution in [2.24, 2.45) is 0 Å². The van der Waals surface area contributed by atoms with Crippen molar-refractivity contribution in [3.8, 4) is 0 Å². The van der Waals surface area contributed by atoms with Crippen molar-refractivity contribution < 1.29 is 9.53 Å². The average Bonchev–Trinajstić information content (AvgIpc) is 2.64. The molecular formula is C20H31N3O2. The van der Waals surface area contributed by atoms with E-state index in [1.54, 1.807) is 0 Å². The molecule has 2 N–H and O–H groups in total. The van der Waals surface area contributed by atoms with Crippen LogP contribution in [0.4, 0.5) is 4.79 Å². The molecule has 25 heavy (non-hydrogen) atoms. The third-order valence-electron chi connectivity index (χ3n) is 5.35. The fraction of sp³-hybridized carbons (Fsp3) is 0.650. The van der Waals surface area contributed by atoms with Gasteiger partial charge in [-0.05, 0) is 25.3 Å². The van der Waals surface area contributed by atoms with Gasteiger partial charge in [0.05, 0.1) is 19.3 Å². The molecule has 5 nitrogen and oxygen atoms in total. The fourth-order valence-corrected chi connectivity index (χ4v) is 4.08. The van der Waals surface area contributed by atoms with Gasteiger partial charge in [-0.25, -0.2) is 4.79 Å². The zero-order valence-electron chi connectivity index (χ0n) is 15.2. The Kier molecular flexibility index (Phi) is 6.70. The fourth-order valence-electron chi connectivity index (χ4n) is 4.08. The first-order chi connectivity index (χ1) is 12.2. The minimum Gasteiger partial charge on any atom is -0.379 e. The van der Waals surface area contributed by atoms with Gasteiger partial charge in [0.25, 0.3) is 0 Å². The van der Waals surface area contributed by atoms with E-state index in [1.165, 1.54) is 24.8 Å². The Morgan fingerprint density at radius 1 is 1.12 bits per heavy atom. The summed E-state index contributed by atoms with van der Waals surface area (Å²) in [5.41, 5.74) is 1.25. The molecule has 1 aromatic rings. The van der Waals surface area contributed by atoms with Gasteiger partial charge >= 0.3 is 6.03 Å². The van der Waals surface area contributed by atoms with Gasteiger partial charge in [0.1, 0.15) is 0 Å². The summed E-state index contributed by atoms with van der Waals surface area (Å²) in [6.07, 6.45) is 5.95. The van der Waals surface area contributed by atoms with Crippen molar-refractivity contribution in [2.45, 2.75) is 57.2 Å². The summed E-state index contributed by atoms with van der Waals surface area (Å²) in [5, 5.41) is 6.36. The van der Waals surface area contributed by atoms with Crippen LogP contribution < -0.4 is 10.6 Å². The van der Waals surface area contributed by atoms with Crippen molar-refractivity contribution in [1.82, 2.24) is 15.5 Å². The number of benzene rings is 1. The molecule has 2 fully saturated rings. The molecule has 138 valence electrons. The third-order valence-corrected chi connectivity index (χ3v) is 5.35. The Bertz CT molecular complexity index is 525. The van der Waals surface area contributed by atoms with Crippen LogP contribution in [0.25, 0.3) is 0 Å². The van der Waals surface area contributed by atoms with Crippen LogP contribution in [0.1, 0.15) is 50.6 Å². The Hall–Kier alpha value is -1.59. The number of carbonyl (C=O) groups is 1. The second-order valence-corrected chi connectivity index (χ2v) is 7.25. The Balaban J connectivity index is 1.63. The molecule has 1 aliphatic heterocycles. The number of morpholine rings is 1. The second kappa shape index (κ2) is 9.20. The number of ether oxygens (including phenoxy) is 1. The first-order valence-corrected chi connectivity index (χ1v) is 9.68. The van der Waals surface area contributed by atoms with E-state index >= 15 is 0 Å². The quantitative estimate of drug-likeness (QED) is 0.862. The molecule has 2 atom stereocenters. The van der Waals surface area contributed by atoms with Gasteiger partial charge in [0.15, 0.2) is 0 Å². The van der Waals surface area contributed by atoms with Gasteiger partial charge < -0.3 is 15.4 Å². The van der Waals surface area contributed by atoms with Crippen molar-refractivity contribution in [3.63, 3.8) is 0 Å². The number of urea groups is 1. The van der Waals surface area contributed by atoms with E-state index in [9.17, 15) is 4.79 Å². The van der Waals surface area contributed by atoms with Gasteiger partial charge in [-0.15, -0.1) is 0 Å². The summed E-state index contributed by atoms with van der Waals surface area (Å²) in [4.78, 5) is 14.9. The number of nitrogens with one attached hydrogen (secondary N) is 2. The van der Waals surface area contributed by atoms with E-state index < -0.39 is 0 Å². The zero-order valence-corrected chi connectivity index (χ0v) is 15.2. The minimum atomic E-state index is -0.0337. The molecule has 0 unspecified atom stereocenters. The highest BCUT2D eigenvalue weighted by Crippen LogP contribution is 2.25. The normalized spacial score (nSPS) is 22.1. The van der Waals surface area contributed by atoms with Crippen LogP contribution in [0, 0.1) is 0 Å². The van der Waals surface area contributed by atoms with Crippen molar-refractivity contribution in [2.75, 3.05) is 26.3 Å². The van der Waals surface area contributed by atoms with Gasteiger partial charge in [-0.3, -0.25) is 4.90 Å². The van der Waals surface area contributed by atoms with E-state index in [4.69, 9.17) is 4.74 Å². The summed E-state index contributed by atoms with van der Waals surface area (Å²) in [6.45, 7) is 5.41. The summed E-state index contributed by atoms with van der Waals surface area (Å²) in [7, 11) is 0. The maximum atomic E-state index is 12.5. The molecule has 2 amide bonds. The first-order valence-electron chi connectivity index (χ1n) is 9.68.